The average molecular weight is 385 g/mol. The van der Waals surface area contributed by atoms with Crippen LogP contribution in [0.1, 0.15) is 31.7 Å². The highest BCUT2D eigenvalue weighted by Gasteiger charge is 2.14. The summed E-state index contributed by atoms with van der Waals surface area (Å²) < 4.78 is 12.1. The lowest BCUT2D eigenvalue weighted by Gasteiger charge is -2.12. The van der Waals surface area contributed by atoms with Gasteiger partial charge in [-0.3, -0.25) is 4.79 Å². The molecule has 27 heavy (non-hydrogen) atoms. The van der Waals surface area contributed by atoms with Crippen LogP contribution in [0.15, 0.2) is 59.5 Å². The molecule has 0 aliphatic carbocycles. The highest BCUT2D eigenvalue weighted by molar-refractivity contribution is 6.31. The molecule has 2 aromatic carbocycles. The van der Waals surface area contributed by atoms with E-state index in [0.717, 1.165) is 6.42 Å². The molecule has 6 heteroatoms. The van der Waals surface area contributed by atoms with Crippen LogP contribution in [0.2, 0.25) is 5.02 Å². The van der Waals surface area contributed by atoms with E-state index in [1.165, 1.54) is 16.4 Å². The molecule has 0 N–H and O–H groups in total. The van der Waals surface area contributed by atoms with Crippen LogP contribution in [-0.2, 0) is 0 Å². The fraction of sp³-hybridized carbons (Fsp3) is 0.238. The van der Waals surface area contributed by atoms with E-state index in [-0.39, 0.29) is 10.8 Å². The molecule has 0 spiro atoms. The number of benzene rings is 2. The molecule has 0 aliphatic heterocycles. The SMILES string of the molecule is CCC(C)c1ccc(-n2ncc(Cl)c(Oc3ccc(OC)cc3)c2=O)cc1. The van der Waals surface area contributed by atoms with Gasteiger partial charge in [0.2, 0.25) is 5.75 Å². The quantitative estimate of drug-likeness (QED) is 0.586. The Morgan fingerprint density at radius 1 is 1.07 bits per heavy atom. The number of ether oxygens (including phenoxy) is 2. The first-order chi connectivity index (χ1) is 13.0. The van der Waals surface area contributed by atoms with Gasteiger partial charge in [-0.1, -0.05) is 37.6 Å². The summed E-state index contributed by atoms with van der Waals surface area (Å²) in [6, 6.07) is 14.7. The van der Waals surface area contributed by atoms with Crippen LogP contribution in [-0.4, -0.2) is 16.9 Å². The number of nitrogens with zero attached hydrogens (tertiary/aromatic N) is 2. The van der Waals surface area contributed by atoms with Crippen LogP contribution in [0.3, 0.4) is 0 Å². The lowest BCUT2D eigenvalue weighted by molar-refractivity contribution is 0.412. The number of methoxy groups -OCH3 is 1. The van der Waals surface area contributed by atoms with Crippen molar-refractivity contribution < 1.29 is 9.47 Å². The van der Waals surface area contributed by atoms with Crippen molar-refractivity contribution in [2.45, 2.75) is 26.2 Å². The number of hydrogen-bond acceptors (Lipinski definition) is 4. The van der Waals surface area contributed by atoms with E-state index >= 15 is 0 Å². The van der Waals surface area contributed by atoms with E-state index in [1.54, 1.807) is 31.4 Å². The van der Waals surface area contributed by atoms with Crippen LogP contribution in [0, 0.1) is 0 Å². The summed E-state index contributed by atoms with van der Waals surface area (Å²) in [6.07, 6.45) is 2.46. The molecule has 3 aromatic rings. The molecule has 1 heterocycles. The van der Waals surface area contributed by atoms with Gasteiger partial charge in [-0.05, 0) is 54.3 Å². The predicted molar refractivity (Wildman–Crippen MR) is 107 cm³/mol. The maximum Gasteiger partial charge on any atom is 0.316 e. The van der Waals surface area contributed by atoms with E-state index in [2.05, 4.69) is 18.9 Å². The van der Waals surface area contributed by atoms with Gasteiger partial charge >= 0.3 is 5.56 Å². The highest BCUT2D eigenvalue weighted by atomic mass is 35.5. The maximum absolute atomic E-state index is 12.9. The van der Waals surface area contributed by atoms with Crippen LogP contribution in [0.4, 0.5) is 0 Å². The van der Waals surface area contributed by atoms with Gasteiger partial charge < -0.3 is 9.47 Å². The van der Waals surface area contributed by atoms with E-state index in [1.807, 2.05) is 24.3 Å². The second-order valence-corrected chi connectivity index (χ2v) is 6.62. The summed E-state index contributed by atoms with van der Waals surface area (Å²) in [5.74, 6) is 1.67. The van der Waals surface area contributed by atoms with Gasteiger partial charge in [0.1, 0.15) is 16.5 Å². The van der Waals surface area contributed by atoms with E-state index in [4.69, 9.17) is 21.1 Å². The predicted octanol–water partition coefficient (Wildman–Crippen LogP) is 5.20. The van der Waals surface area contributed by atoms with Gasteiger partial charge in [0.25, 0.3) is 0 Å². The van der Waals surface area contributed by atoms with Crippen LogP contribution in [0.5, 0.6) is 17.2 Å². The lowest BCUT2D eigenvalue weighted by Crippen LogP contribution is -2.22. The van der Waals surface area contributed by atoms with Crippen molar-refractivity contribution in [2.75, 3.05) is 7.11 Å². The van der Waals surface area contributed by atoms with Gasteiger partial charge in [-0.2, -0.15) is 9.78 Å². The summed E-state index contributed by atoms with van der Waals surface area (Å²) in [5.41, 5.74) is 1.45. The Bertz CT molecular complexity index is 966. The molecule has 140 valence electrons. The van der Waals surface area contributed by atoms with Crippen LogP contribution in [0.25, 0.3) is 5.69 Å². The fourth-order valence-corrected chi connectivity index (χ4v) is 2.80. The molecule has 0 saturated heterocycles. The van der Waals surface area contributed by atoms with Crippen molar-refractivity contribution in [3.05, 3.63) is 75.7 Å². The number of hydrogen-bond donors (Lipinski definition) is 0. The Kier molecular flexibility index (Phi) is 5.81. The minimum atomic E-state index is -0.422. The maximum atomic E-state index is 12.9. The van der Waals surface area contributed by atoms with Crippen LogP contribution < -0.4 is 15.0 Å². The molecule has 0 aliphatic rings. The summed E-state index contributed by atoms with van der Waals surface area (Å²) in [5, 5.41) is 4.30. The van der Waals surface area contributed by atoms with Gasteiger partial charge in [-0.25, -0.2) is 0 Å². The molecule has 1 unspecified atom stereocenters. The van der Waals surface area contributed by atoms with E-state index in [0.29, 0.717) is 23.1 Å². The Morgan fingerprint density at radius 3 is 2.30 bits per heavy atom. The van der Waals surface area contributed by atoms with Gasteiger partial charge in [-0.15, -0.1) is 0 Å². The zero-order valence-corrected chi connectivity index (χ0v) is 16.2. The first-order valence-electron chi connectivity index (χ1n) is 8.73. The van der Waals surface area contributed by atoms with E-state index < -0.39 is 5.56 Å². The van der Waals surface area contributed by atoms with Crippen LogP contribution >= 0.6 is 11.6 Å². The smallest absolute Gasteiger partial charge is 0.316 e. The largest absolute Gasteiger partial charge is 0.497 e. The number of halogens is 1. The van der Waals surface area contributed by atoms with Gasteiger partial charge in [0.05, 0.1) is 19.0 Å². The molecule has 1 atom stereocenters. The third-order valence-electron chi connectivity index (χ3n) is 4.49. The summed E-state index contributed by atoms with van der Waals surface area (Å²) in [7, 11) is 1.58. The zero-order chi connectivity index (χ0) is 19.4. The summed E-state index contributed by atoms with van der Waals surface area (Å²) >= 11 is 6.16. The Balaban J connectivity index is 1.94. The first kappa shape index (κ1) is 19.0. The van der Waals surface area contributed by atoms with Crippen molar-refractivity contribution in [1.29, 1.82) is 0 Å². The number of aromatic nitrogens is 2. The third kappa shape index (κ3) is 4.14. The summed E-state index contributed by atoms with van der Waals surface area (Å²) in [6.45, 7) is 4.31. The molecule has 0 fully saturated rings. The van der Waals surface area contributed by atoms with Crippen molar-refractivity contribution in [3.8, 4) is 22.9 Å². The zero-order valence-electron chi connectivity index (χ0n) is 15.5. The topological polar surface area (TPSA) is 53.4 Å². The molecule has 1 aromatic heterocycles. The van der Waals surface area contributed by atoms with Crippen molar-refractivity contribution >= 4 is 11.6 Å². The molecule has 0 radical (unpaired) electrons. The second kappa shape index (κ2) is 8.27. The Morgan fingerprint density at radius 2 is 1.70 bits per heavy atom. The van der Waals surface area contributed by atoms with Crippen molar-refractivity contribution in [3.63, 3.8) is 0 Å². The van der Waals surface area contributed by atoms with Gasteiger partial charge in [0, 0.05) is 0 Å². The molecule has 5 nitrogen and oxygen atoms in total. The standard InChI is InChI=1S/C21H21ClN2O3/c1-4-14(2)15-5-7-16(8-6-15)24-21(25)20(19(22)13-23-24)27-18-11-9-17(26-3)10-12-18/h5-14H,4H2,1-3H3. The molecule has 0 saturated carbocycles. The molecular weight excluding hydrogens is 364 g/mol. The Hall–Kier alpha value is -2.79. The van der Waals surface area contributed by atoms with Crippen molar-refractivity contribution in [1.82, 2.24) is 9.78 Å². The van der Waals surface area contributed by atoms with Gasteiger partial charge in [0.15, 0.2) is 0 Å². The number of rotatable bonds is 6. The fourth-order valence-electron chi connectivity index (χ4n) is 2.64. The summed E-state index contributed by atoms with van der Waals surface area (Å²) in [4.78, 5) is 12.9. The van der Waals surface area contributed by atoms with E-state index in [9.17, 15) is 4.79 Å². The molecule has 3 rings (SSSR count). The molecule has 0 bridgehead atoms. The molecule has 0 amide bonds. The average Bonchev–Trinajstić information content (AvgIpc) is 2.71. The first-order valence-corrected chi connectivity index (χ1v) is 9.11. The highest BCUT2D eigenvalue weighted by Crippen LogP contribution is 2.27. The Labute approximate surface area is 163 Å². The third-order valence-corrected chi connectivity index (χ3v) is 4.76. The minimum absolute atomic E-state index is 0.0304. The van der Waals surface area contributed by atoms with Crippen molar-refractivity contribution in [2.24, 2.45) is 0 Å². The molecular formula is C21H21ClN2O3. The normalized spacial score (nSPS) is 11.9. The lowest BCUT2D eigenvalue weighted by atomic mass is 9.99. The second-order valence-electron chi connectivity index (χ2n) is 6.22. The monoisotopic (exact) mass is 384 g/mol. The minimum Gasteiger partial charge on any atom is -0.497 e.